The van der Waals surface area contributed by atoms with Crippen LogP contribution in [0.5, 0.6) is 5.75 Å². The minimum atomic E-state index is -0.864. The number of hydrogen-bond donors (Lipinski definition) is 0. The van der Waals surface area contributed by atoms with Crippen LogP contribution < -0.4 is 4.74 Å². The van der Waals surface area contributed by atoms with Crippen molar-refractivity contribution in [3.05, 3.63) is 29.6 Å². The Morgan fingerprint density at radius 1 is 1.44 bits per heavy atom. The van der Waals surface area contributed by atoms with Crippen LogP contribution in [-0.2, 0) is 19.1 Å². The monoisotopic (exact) mass is 353 g/mol. The minimum absolute atomic E-state index is 0.251. The molecule has 1 heterocycles. The number of rotatable bonds is 6. The van der Waals surface area contributed by atoms with Crippen LogP contribution >= 0.6 is 0 Å². The van der Waals surface area contributed by atoms with Gasteiger partial charge in [-0.2, -0.15) is 0 Å². The van der Waals surface area contributed by atoms with Gasteiger partial charge in [-0.1, -0.05) is 5.16 Å². The highest BCUT2D eigenvalue weighted by Crippen LogP contribution is 2.26. The second kappa shape index (κ2) is 7.82. The Bertz CT molecular complexity index is 653. The minimum Gasteiger partial charge on any atom is -0.478 e. The van der Waals surface area contributed by atoms with E-state index in [1.54, 1.807) is 27.7 Å². The van der Waals surface area contributed by atoms with Crippen molar-refractivity contribution in [2.75, 3.05) is 13.2 Å². The lowest BCUT2D eigenvalue weighted by Gasteiger charge is -2.23. The van der Waals surface area contributed by atoms with Gasteiger partial charge in [0.2, 0.25) is 0 Å². The lowest BCUT2D eigenvalue weighted by molar-refractivity contribution is -0.162. The van der Waals surface area contributed by atoms with Crippen LogP contribution in [0.25, 0.3) is 0 Å². The maximum absolute atomic E-state index is 13.7. The molecule has 0 amide bonds. The van der Waals surface area contributed by atoms with Crippen LogP contribution in [0.1, 0.15) is 40.2 Å². The second-order valence-electron chi connectivity index (χ2n) is 6.65. The van der Waals surface area contributed by atoms with Crippen LogP contribution in [0.15, 0.2) is 23.4 Å². The average Bonchev–Trinajstić information content (AvgIpc) is 2.95. The van der Waals surface area contributed by atoms with E-state index < -0.39 is 29.6 Å². The van der Waals surface area contributed by atoms with Crippen molar-refractivity contribution in [3.8, 4) is 5.75 Å². The van der Waals surface area contributed by atoms with Gasteiger partial charge in [0.15, 0.2) is 6.10 Å². The van der Waals surface area contributed by atoms with Crippen molar-refractivity contribution in [2.24, 2.45) is 5.16 Å². The van der Waals surface area contributed by atoms with Gasteiger partial charge < -0.3 is 19.0 Å². The first-order valence-electron chi connectivity index (χ1n) is 8.22. The van der Waals surface area contributed by atoms with Crippen molar-refractivity contribution in [3.63, 3.8) is 0 Å². The molecule has 0 N–H and O–H groups in total. The highest BCUT2D eigenvalue weighted by molar-refractivity contribution is 6.06. The summed E-state index contributed by atoms with van der Waals surface area (Å²) in [6.07, 6.45) is -1.28. The van der Waals surface area contributed by atoms with E-state index in [1.165, 1.54) is 18.2 Å². The molecular weight excluding hydrogens is 329 g/mol. The van der Waals surface area contributed by atoms with Gasteiger partial charge in [0, 0.05) is 12.2 Å². The van der Waals surface area contributed by atoms with Gasteiger partial charge in [-0.3, -0.25) is 0 Å². The van der Waals surface area contributed by atoms with Crippen LogP contribution in [0.3, 0.4) is 0 Å². The number of halogens is 1. The van der Waals surface area contributed by atoms with E-state index in [1.807, 2.05) is 6.92 Å². The Balaban J connectivity index is 2.23. The summed E-state index contributed by atoms with van der Waals surface area (Å²) in [6.45, 7) is 9.47. The molecular formula is C18H24FNO5. The number of oxime groups is 1. The van der Waals surface area contributed by atoms with Gasteiger partial charge in [0.05, 0.1) is 0 Å². The average molecular weight is 353 g/mol. The zero-order chi connectivity index (χ0) is 18.6. The van der Waals surface area contributed by atoms with Gasteiger partial charge in [0.1, 0.15) is 35.6 Å². The molecule has 0 saturated heterocycles. The van der Waals surface area contributed by atoms with Crippen LogP contribution in [0, 0.1) is 5.82 Å². The largest absolute Gasteiger partial charge is 0.478 e. The maximum Gasteiger partial charge on any atom is 0.347 e. The molecule has 0 aliphatic carbocycles. The Labute approximate surface area is 146 Å². The van der Waals surface area contributed by atoms with E-state index in [4.69, 9.17) is 19.0 Å². The van der Waals surface area contributed by atoms with Crippen LogP contribution in [-0.4, -0.2) is 42.7 Å². The maximum atomic E-state index is 13.7. The van der Waals surface area contributed by atoms with Crippen molar-refractivity contribution in [2.45, 2.75) is 52.4 Å². The smallest absolute Gasteiger partial charge is 0.347 e. The lowest BCUT2D eigenvalue weighted by atomic mass is 10.0. The van der Waals surface area contributed by atoms with E-state index >= 15 is 0 Å². The molecule has 0 aromatic heterocycles. The van der Waals surface area contributed by atoms with E-state index in [-0.39, 0.29) is 6.61 Å². The summed E-state index contributed by atoms with van der Waals surface area (Å²) in [7, 11) is 0. The van der Waals surface area contributed by atoms with E-state index in [2.05, 4.69) is 5.16 Å². The van der Waals surface area contributed by atoms with Gasteiger partial charge in [-0.15, -0.1) is 0 Å². The highest BCUT2D eigenvalue weighted by Gasteiger charge is 2.30. The molecule has 0 saturated carbocycles. The Morgan fingerprint density at radius 2 is 2.16 bits per heavy atom. The molecule has 6 nitrogen and oxygen atoms in total. The predicted octanol–water partition coefficient (Wildman–Crippen LogP) is 3.07. The molecule has 0 bridgehead atoms. The van der Waals surface area contributed by atoms with Gasteiger partial charge in [-0.25, -0.2) is 9.18 Å². The fraction of sp³-hybridized carbons (Fsp3) is 0.556. The topological polar surface area (TPSA) is 66.3 Å². The number of nitrogens with zero attached hydrogens (tertiary/aromatic N) is 1. The highest BCUT2D eigenvalue weighted by atomic mass is 19.1. The summed E-state index contributed by atoms with van der Waals surface area (Å²) in [6, 6.07) is 4.00. The zero-order valence-corrected chi connectivity index (χ0v) is 15.2. The van der Waals surface area contributed by atoms with Crippen molar-refractivity contribution in [1.82, 2.24) is 0 Å². The fourth-order valence-corrected chi connectivity index (χ4v) is 2.29. The molecule has 0 fully saturated rings. The normalized spacial score (nSPS) is 18.3. The SMILES string of the molecule is CCOC1CON=C1c1cc(F)ccc1OC(C)C(=O)OC(C)(C)C. The van der Waals surface area contributed by atoms with Crippen LogP contribution in [0.2, 0.25) is 0 Å². The molecule has 0 radical (unpaired) electrons. The molecule has 138 valence electrons. The number of esters is 1. The molecule has 2 atom stereocenters. The third-order valence-corrected chi connectivity index (χ3v) is 3.32. The summed E-state index contributed by atoms with van der Waals surface area (Å²) < 4.78 is 30.3. The summed E-state index contributed by atoms with van der Waals surface area (Å²) >= 11 is 0. The summed E-state index contributed by atoms with van der Waals surface area (Å²) in [4.78, 5) is 17.2. The molecule has 25 heavy (non-hydrogen) atoms. The molecule has 1 aliphatic heterocycles. The molecule has 7 heteroatoms. The van der Waals surface area contributed by atoms with Crippen molar-refractivity contribution >= 4 is 11.7 Å². The number of carbonyl (C=O) groups excluding carboxylic acids is 1. The third kappa shape index (κ3) is 5.16. The number of ether oxygens (including phenoxy) is 3. The summed E-state index contributed by atoms with van der Waals surface area (Å²) in [5.74, 6) is -0.639. The fourth-order valence-electron chi connectivity index (χ4n) is 2.29. The zero-order valence-electron chi connectivity index (χ0n) is 15.2. The summed E-state index contributed by atoms with van der Waals surface area (Å²) in [5, 5.41) is 3.95. The van der Waals surface area contributed by atoms with Crippen LogP contribution in [0.4, 0.5) is 4.39 Å². The molecule has 2 rings (SSSR count). The third-order valence-electron chi connectivity index (χ3n) is 3.32. The van der Waals surface area contributed by atoms with Gasteiger partial charge in [-0.05, 0) is 52.8 Å². The summed E-state index contributed by atoms with van der Waals surface area (Å²) in [5.41, 5.74) is 0.211. The second-order valence-corrected chi connectivity index (χ2v) is 6.65. The first kappa shape index (κ1) is 19.2. The van der Waals surface area contributed by atoms with Crippen molar-refractivity contribution < 1.29 is 28.2 Å². The molecule has 2 unspecified atom stereocenters. The van der Waals surface area contributed by atoms with E-state index in [0.717, 1.165) is 0 Å². The first-order valence-corrected chi connectivity index (χ1v) is 8.22. The molecule has 0 spiro atoms. The molecule has 1 aliphatic rings. The Morgan fingerprint density at radius 3 is 2.80 bits per heavy atom. The lowest BCUT2D eigenvalue weighted by Crippen LogP contribution is -2.34. The number of carbonyl (C=O) groups is 1. The quantitative estimate of drug-likeness (QED) is 0.735. The first-order chi connectivity index (χ1) is 11.7. The molecule has 1 aromatic carbocycles. The predicted molar refractivity (Wildman–Crippen MR) is 90.2 cm³/mol. The number of benzene rings is 1. The van der Waals surface area contributed by atoms with Crippen molar-refractivity contribution in [1.29, 1.82) is 0 Å². The standard InChI is InChI=1S/C18H24FNO5/c1-6-22-15-10-23-20-16(15)13-9-12(19)7-8-14(13)24-11(2)17(21)25-18(3,4)5/h7-9,11,15H,6,10H2,1-5H3. The number of hydrogen-bond acceptors (Lipinski definition) is 6. The Kier molecular flexibility index (Phi) is 6.00. The van der Waals surface area contributed by atoms with E-state index in [0.29, 0.717) is 23.6 Å². The molecule has 1 aromatic rings. The van der Waals surface area contributed by atoms with Gasteiger partial charge >= 0.3 is 5.97 Å². The van der Waals surface area contributed by atoms with Gasteiger partial charge in [0.25, 0.3) is 0 Å². The van der Waals surface area contributed by atoms with E-state index in [9.17, 15) is 9.18 Å². The Hall–Kier alpha value is -2.15.